The molecule has 0 saturated carbocycles. The molecule has 2 N–H and O–H groups in total. The minimum Gasteiger partial charge on any atom is -0.481 e. The Kier molecular flexibility index (Phi) is 4.75. The highest BCUT2D eigenvalue weighted by molar-refractivity contribution is 6.32. The van der Waals surface area contributed by atoms with Gasteiger partial charge in [0.15, 0.2) is 0 Å². The number of carboxylic acids is 1. The smallest absolute Gasteiger partial charge is 0.303 e. The van der Waals surface area contributed by atoms with Gasteiger partial charge >= 0.3 is 5.97 Å². The van der Waals surface area contributed by atoms with Crippen LogP contribution in [0.3, 0.4) is 0 Å². The number of benzene rings is 1. The molecule has 0 fully saturated rings. The van der Waals surface area contributed by atoms with Gasteiger partial charge in [-0.2, -0.15) is 0 Å². The Morgan fingerprint density at radius 3 is 2.90 bits per heavy atom. The van der Waals surface area contributed by atoms with Gasteiger partial charge < -0.3 is 10.4 Å². The van der Waals surface area contributed by atoms with E-state index in [0.717, 1.165) is 5.39 Å². The number of hydrogen-bond donors (Lipinski definition) is 2. The molecule has 1 atom stereocenters. The third-order valence-corrected chi connectivity index (χ3v) is 3.30. The van der Waals surface area contributed by atoms with Gasteiger partial charge in [-0.3, -0.25) is 14.6 Å². The van der Waals surface area contributed by atoms with E-state index in [1.54, 1.807) is 31.3 Å². The maximum absolute atomic E-state index is 12.3. The number of halogens is 1. The van der Waals surface area contributed by atoms with Crippen molar-refractivity contribution in [1.82, 2.24) is 10.3 Å². The number of fused-ring (bicyclic) bond motifs is 1. The normalized spacial score (nSPS) is 12.1. The van der Waals surface area contributed by atoms with Crippen molar-refractivity contribution >= 4 is 34.4 Å². The Hall–Kier alpha value is -2.14. The fourth-order valence-electron chi connectivity index (χ4n) is 2.04. The van der Waals surface area contributed by atoms with E-state index in [4.69, 9.17) is 16.7 Å². The Morgan fingerprint density at radius 1 is 1.43 bits per heavy atom. The van der Waals surface area contributed by atoms with E-state index in [1.165, 1.54) is 0 Å². The molecule has 0 radical (unpaired) electrons. The zero-order valence-electron chi connectivity index (χ0n) is 11.5. The maximum Gasteiger partial charge on any atom is 0.303 e. The zero-order chi connectivity index (χ0) is 15.4. The summed E-state index contributed by atoms with van der Waals surface area (Å²) in [5, 5.41) is 12.7. The van der Waals surface area contributed by atoms with Gasteiger partial charge in [0.25, 0.3) is 5.91 Å². The van der Waals surface area contributed by atoms with Crippen LogP contribution in [-0.4, -0.2) is 28.0 Å². The standard InChI is InChI=1S/C15H15ClN2O3/c1-9(4-5-13(19)20)18-15(21)12-8-11(16)7-10-3-2-6-17-14(10)12/h2-3,6-9H,4-5H2,1H3,(H,18,21)(H,19,20). The molecule has 110 valence electrons. The molecule has 0 aliphatic carbocycles. The van der Waals surface area contributed by atoms with E-state index in [1.807, 2.05) is 6.07 Å². The van der Waals surface area contributed by atoms with Crippen molar-refractivity contribution in [2.24, 2.45) is 0 Å². The topological polar surface area (TPSA) is 79.3 Å². The highest BCUT2D eigenvalue weighted by Crippen LogP contribution is 2.22. The number of rotatable bonds is 5. The van der Waals surface area contributed by atoms with Crippen LogP contribution in [0, 0.1) is 0 Å². The second-order valence-electron chi connectivity index (χ2n) is 4.84. The Labute approximate surface area is 126 Å². The van der Waals surface area contributed by atoms with Crippen molar-refractivity contribution in [1.29, 1.82) is 0 Å². The molecule has 1 heterocycles. The quantitative estimate of drug-likeness (QED) is 0.890. The Morgan fingerprint density at radius 2 is 2.19 bits per heavy atom. The largest absolute Gasteiger partial charge is 0.481 e. The molecule has 1 amide bonds. The van der Waals surface area contributed by atoms with Gasteiger partial charge in [0.2, 0.25) is 0 Å². The first-order chi connectivity index (χ1) is 9.97. The Bertz CT molecular complexity index is 688. The molecule has 21 heavy (non-hydrogen) atoms. The Balaban J connectivity index is 2.21. The van der Waals surface area contributed by atoms with E-state index in [-0.39, 0.29) is 18.4 Å². The molecule has 0 aliphatic rings. The summed E-state index contributed by atoms with van der Waals surface area (Å²) in [6, 6.07) is 6.67. The van der Waals surface area contributed by atoms with E-state index >= 15 is 0 Å². The molecule has 1 aromatic carbocycles. The van der Waals surface area contributed by atoms with E-state index in [0.29, 0.717) is 22.5 Å². The van der Waals surface area contributed by atoms with Crippen LogP contribution in [0.15, 0.2) is 30.5 Å². The maximum atomic E-state index is 12.3. The van der Waals surface area contributed by atoms with Crippen molar-refractivity contribution < 1.29 is 14.7 Å². The van der Waals surface area contributed by atoms with Gasteiger partial charge in [-0.25, -0.2) is 0 Å². The zero-order valence-corrected chi connectivity index (χ0v) is 12.2. The van der Waals surface area contributed by atoms with Gasteiger partial charge in [0.05, 0.1) is 11.1 Å². The molecule has 0 saturated heterocycles. The summed E-state index contributed by atoms with van der Waals surface area (Å²) in [4.78, 5) is 27.1. The average molecular weight is 307 g/mol. The summed E-state index contributed by atoms with van der Waals surface area (Å²) < 4.78 is 0. The number of carbonyl (C=O) groups excluding carboxylic acids is 1. The van der Waals surface area contributed by atoms with Crippen molar-refractivity contribution in [3.8, 4) is 0 Å². The number of carbonyl (C=O) groups is 2. The summed E-state index contributed by atoms with van der Waals surface area (Å²) in [5.41, 5.74) is 0.963. The number of amides is 1. The third-order valence-electron chi connectivity index (χ3n) is 3.08. The van der Waals surface area contributed by atoms with Gasteiger partial charge in [-0.05, 0) is 31.5 Å². The van der Waals surface area contributed by atoms with Crippen molar-refractivity contribution in [3.63, 3.8) is 0 Å². The molecule has 1 unspecified atom stereocenters. The van der Waals surface area contributed by atoms with Gasteiger partial charge in [-0.15, -0.1) is 0 Å². The van der Waals surface area contributed by atoms with E-state index in [2.05, 4.69) is 10.3 Å². The molecular formula is C15H15ClN2O3. The van der Waals surface area contributed by atoms with Crippen LogP contribution in [0.2, 0.25) is 5.02 Å². The third kappa shape index (κ3) is 3.92. The summed E-state index contributed by atoms with van der Waals surface area (Å²) in [6.07, 6.45) is 1.99. The molecule has 6 heteroatoms. The van der Waals surface area contributed by atoms with Crippen LogP contribution in [0.1, 0.15) is 30.1 Å². The minimum atomic E-state index is -0.883. The summed E-state index contributed by atoms with van der Waals surface area (Å²) in [5.74, 6) is -1.19. The number of aromatic nitrogens is 1. The number of carboxylic acid groups (broad SMARTS) is 1. The molecule has 0 bridgehead atoms. The monoisotopic (exact) mass is 306 g/mol. The number of pyridine rings is 1. The first-order valence-corrected chi connectivity index (χ1v) is 6.92. The number of aliphatic carboxylic acids is 1. The fourth-order valence-corrected chi connectivity index (χ4v) is 2.27. The van der Waals surface area contributed by atoms with Gasteiger partial charge in [-0.1, -0.05) is 17.7 Å². The number of hydrogen-bond acceptors (Lipinski definition) is 3. The average Bonchev–Trinajstić information content (AvgIpc) is 2.44. The SMILES string of the molecule is CC(CCC(=O)O)NC(=O)c1cc(Cl)cc2cccnc12. The number of nitrogens with one attached hydrogen (secondary N) is 1. The fraction of sp³-hybridized carbons (Fsp3) is 0.267. The van der Waals surface area contributed by atoms with Crippen LogP contribution in [0.25, 0.3) is 10.9 Å². The van der Waals surface area contributed by atoms with Crippen LogP contribution < -0.4 is 5.32 Å². The van der Waals surface area contributed by atoms with Crippen LogP contribution in [0.5, 0.6) is 0 Å². The minimum absolute atomic E-state index is 0.00991. The van der Waals surface area contributed by atoms with Crippen molar-refractivity contribution in [2.75, 3.05) is 0 Å². The molecule has 2 rings (SSSR count). The first kappa shape index (κ1) is 15.3. The highest BCUT2D eigenvalue weighted by atomic mass is 35.5. The van der Waals surface area contributed by atoms with Crippen molar-refractivity contribution in [2.45, 2.75) is 25.8 Å². The summed E-state index contributed by atoms with van der Waals surface area (Å²) in [6.45, 7) is 1.76. The number of nitrogens with zero attached hydrogens (tertiary/aromatic N) is 1. The van der Waals surface area contributed by atoms with E-state index in [9.17, 15) is 9.59 Å². The van der Waals surface area contributed by atoms with Crippen LogP contribution in [-0.2, 0) is 4.79 Å². The lowest BCUT2D eigenvalue weighted by atomic mass is 10.1. The molecule has 1 aromatic heterocycles. The van der Waals surface area contributed by atoms with E-state index < -0.39 is 5.97 Å². The second kappa shape index (κ2) is 6.54. The van der Waals surface area contributed by atoms with Gasteiger partial charge in [0, 0.05) is 29.1 Å². The second-order valence-corrected chi connectivity index (χ2v) is 5.27. The molecule has 0 spiro atoms. The lowest BCUT2D eigenvalue weighted by molar-refractivity contribution is -0.137. The predicted octanol–water partition coefficient (Wildman–Crippen LogP) is 2.87. The van der Waals surface area contributed by atoms with Crippen molar-refractivity contribution in [3.05, 3.63) is 41.0 Å². The van der Waals surface area contributed by atoms with Crippen LogP contribution >= 0.6 is 11.6 Å². The van der Waals surface area contributed by atoms with Crippen LogP contribution in [0.4, 0.5) is 0 Å². The molecule has 5 nitrogen and oxygen atoms in total. The summed E-state index contributed by atoms with van der Waals surface area (Å²) >= 11 is 6.02. The first-order valence-electron chi connectivity index (χ1n) is 6.54. The molecular weight excluding hydrogens is 292 g/mol. The molecule has 0 aliphatic heterocycles. The lowest BCUT2D eigenvalue weighted by Gasteiger charge is -2.14. The lowest BCUT2D eigenvalue weighted by Crippen LogP contribution is -2.33. The highest BCUT2D eigenvalue weighted by Gasteiger charge is 2.15. The van der Waals surface area contributed by atoms with Gasteiger partial charge in [0.1, 0.15) is 0 Å². The predicted molar refractivity (Wildman–Crippen MR) is 80.6 cm³/mol. The summed E-state index contributed by atoms with van der Waals surface area (Å²) in [7, 11) is 0. The molecule has 2 aromatic rings.